The fraction of sp³-hybridized carbons (Fsp3) is 0.500. The van der Waals surface area contributed by atoms with Gasteiger partial charge in [0.05, 0.1) is 5.69 Å². The van der Waals surface area contributed by atoms with E-state index in [2.05, 4.69) is 5.32 Å². The lowest BCUT2D eigenvalue weighted by Gasteiger charge is -2.31. The molecule has 3 atom stereocenters. The molecule has 0 saturated carbocycles. The topological polar surface area (TPSA) is 42.8 Å². The molecule has 0 radical (unpaired) electrons. The Labute approximate surface area is 116 Å². The number of ether oxygens (including phenoxy) is 1. The summed E-state index contributed by atoms with van der Waals surface area (Å²) in [5.41, 5.74) is 0.00477. The van der Waals surface area contributed by atoms with E-state index >= 15 is 0 Å². The van der Waals surface area contributed by atoms with Crippen molar-refractivity contribution in [3.63, 3.8) is 0 Å². The maximum absolute atomic E-state index is 13.4. The van der Waals surface area contributed by atoms with E-state index in [1.165, 1.54) is 6.07 Å². The molecule has 2 rings (SSSR count). The van der Waals surface area contributed by atoms with Gasteiger partial charge in [-0.3, -0.25) is 4.79 Å². The third kappa shape index (κ3) is 3.98. The Morgan fingerprint density at radius 2 is 2.00 bits per heavy atom. The zero-order valence-corrected chi connectivity index (χ0v) is 11.6. The molecule has 2 N–H and O–H groups in total. The lowest BCUT2D eigenvalue weighted by atomic mass is 10.2. The first-order chi connectivity index (χ1) is 9.44. The van der Waals surface area contributed by atoms with Gasteiger partial charge < -0.3 is 15.0 Å². The predicted molar refractivity (Wildman–Crippen MR) is 70.6 cm³/mol. The summed E-state index contributed by atoms with van der Waals surface area (Å²) in [6, 6.07) is 3.09. The summed E-state index contributed by atoms with van der Waals surface area (Å²) in [6.45, 7) is 5.66. The second-order valence-electron chi connectivity index (χ2n) is 5.26. The molecule has 20 heavy (non-hydrogen) atoms. The number of carbonyl (C=O) groups is 1. The minimum absolute atomic E-state index is 0.00477. The summed E-state index contributed by atoms with van der Waals surface area (Å²) in [4.78, 5) is 13.0. The first-order valence-electron chi connectivity index (χ1n) is 6.68. The van der Waals surface area contributed by atoms with Crippen molar-refractivity contribution in [3.8, 4) is 0 Å². The quantitative estimate of drug-likeness (QED) is 0.854. The van der Waals surface area contributed by atoms with Gasteiger partial charge in [-0.25, -0.2) is 8.78 Å². The second kappa shape index (κ2) is 6.28. The van der Waals surface area contributed by atoms with E-state index < -0.39 is 11.6 Å². The van der Waals surface area contributed by atoms with Crippen LogP contribution in [0, 0.1) is 11.6 Å². The third-order valence-corrected chi connectivity index (χ3v) is 3.23. The van der Waals surface area contributed by atoms with Crippen LogP contribution in [-0.2, 0) is 9.53 Å². The first-order valence-corrected chi connectivity index (χ1v) is 6.68. The minimum Gasteiger partial charge on any atom is -0.364 e. The number of benzene rings is 1. The Kier molecular flexibility index (Phi) is 4.67. The summed E-state index contributed by atoms with van der Waals surface area (Å²) in [6.07, 6.45) is 0.202. The summed E-state index contributed by atoms with van der Waals surface area (Å²) < 4.78 is 31.8. The van der Waals surface area contributed by atoms with E-state index in [4.69, 9.17) is 4.74 Å². The molecule has 0 aromatic heterocycles. The number of halogens is 2. The van der Waals surface area contributed by atoms with Crippen molar-refractivity contribution in [1.82, 2.24) is 0 Å². The van der Waals surface area contributed by atoms with E-state index in [0.29, 0.717) is 0 Å². The number of amides is 1. The molecule has 6 heteroatoms. The summed E-state index contributed by atoms with van der Waals surface area (Å²) in [5, 5.41) is 2.47. The van der Waals surface area contributed by atoms with Crippen molar-refractivity contribution in [2.75, 3.05) is 25.0 Å². The normalized spacial score (nSPS) is 26.3. The molecule has 1 amide bonds. The van der Waals surface area contributed by atoms with E-state index in [1.807, 2.05) is 13.8 Å². The average Bonchev–Trinajstić information content (AvgIpc) is 2.31. The molecule has 1 aliphatic rings. The van der Waals surface area contributed by atoms with Crippen LogP contribution in [0.25, 0.3) is 0 Å². The van der Waals surface area contributed by atoms with Crippen molar-refractivity contribution in [1.29, 1.82) is 0 Å². The largest absolute Gasteiger partial charge is 0.364 e. The Hall–Kier alpha value is -1.53. The highest BCUT2D eigenvalue weighted by molar-refractivity contribution is 5.91. The number of hydrogen-bond donors (Lipinski definition) is 2. The molecule has 0 bridgehead atoms. The number of morpholine rings is 1. The predicted octanol–water partition coefficient (Wildman–Crippen LogP) is 0.595. The molecule has 1 aliphatic heterocycles. The van der Waals surface area contributed by atoms with Crippen LogP contribution in [0.1, 0.15) is 13.8 Å². The highest BCUT2D eigenvalue weighted by Crippen LogP contribution is 2.14. The van der Waals surface area contributed by atoms with Crippen LogP contribution in [0.5, 0.6) is 0 Å². The lowest BCUT2D eigenvalue weighted by molar-refractivity contribution is -0.907. The van der Waals surface area contributed by atoms with Crippen LogP contribution in [-0.4, -0.2) is 37.7 Å². The molecular weight excluding hydrogens is 266 g/mol. The van der Waals surface area contributed by atoms with E-state index in [-0.39, 0.29) is 30.3 Å². The molecule has 0 spiro atoms. The SMILES string of the molecule is C[C@@H]1C[NH+](CC(=O)Nc2ccc(F)cc2F)C[C@H](C)O1. The van der Waals surface area contributed by atoms with Crippen molar-refractivity contribution in [3.05, 3.63) is 29.8 Å². The molecule has 1 aromatic carbocycles. The third-order valence-electron chi connectivity index (χ3n) is 3.23. The first kappa shape index (κ1) is 14.9. The van der Waals surface area contributed by atoms with Crippen LogP contribution in [0.15, 0.2) is 18.2 Å². The van der Waals surface area contributed by atoms with Crippen molar-refractivity contribution in [2.45, 2.75) is 26.1 Å². The summed E-state index contributed by atoms with van der Waals surface area (Å²) in [7, 11) is 0. The maximum atomic E-state index is 13.4. The Morgan fingerprint density at radius 3 is 2.60 bits per heavy atom. The number of anilines is 1. The van der Waals surface area contributed by atoms with Gasteiger partial charge in [0.25, 0.3) is 5.91 Å². The standard InChI is InChI=1S/C14H18F2N2O2/c1-9-6-18(7-10(2)20-9)8-14(19)17-13-4-3-11(15)5-12(13)16/h3-5,9-10H,6-8H2,1-2H3,(H,17,19)/p+1/t9-,10+. The highest BCUT2D eigenvalue weighted by atomic mass is 19.1. The van der Waals surface area contributed by atoms with Crippen molar-refractivity contribution in [2.24, 2.45) is 0 Å². The number of carbonyl (C=O) groups excluding carboxylic acids is 1. The number of rotatable bonds is 3. The van der Waals surface area contributed by atoms with Gasteiger partial charge >= 0.3 is 0 Å². The molecule has 1 unspecified atom stereocenters. The molecule has 1 fully saturated rings. The number of quaternary nitrogens is 1. The van der Waals surface area contributed by atoms with Gasteiger partial charge in [-0.2, -0.15) is 0 Å². The van der Waals surface area contributed by atoms with Crippen LogP contribution in [0.4, 0.5) is 14.5 Å². The molecule has 4 nitrogen and oxygen atoms in total. The average molecular weight is 285 g/mol. The van der Waals surface area contributed by atoms with E-state index in [9.17, 15) is 13.6 Å². The van der Waals surface area contributed by atoms with Gasteiger partial charge in [0.2, 0.25) is 0 Å². The zero-order chi connectivity index (χ0) is 14.7. The van der Waals surface area contributed by atoms with Gasteiger partial charge in [0.15, 0.2) is 6.54 Å². The van der Waals surface area contributed by atoms with Crippen LogP contribution in [0.2, 0.25) is 0 Å². The lowest BCUT2D eigenvalue weighted by Crippen LogP contribution is -3.16. The smallest absolute Gasteiger partial charge is 0.279 e. The minimum atomic E-state index is -0.767. The zero-order valence-electron chi connectivity index (χ0n) is 11.6. The van der Waals surface area contributed by atoms with Crippen LogP contribution < -0.4 is 10.2 Å². The monoisotopic (exact) mass is 285 g/mol. The Morgan fingerprint density at radius 1 is 1.35 bits per heavy atom. The second-order valence-corrected chi connectivity index (χ2v) is 5.26. The van der Waals surface area contributed by atoms with Crippen molar-refractivity contribution >= 4 is 11.6 Å². The molecular formula is C14H19F2N2O2+. The summed E-state index contributed by atoms with van der Waals surface area (Å²) >= 11 is 0. The Balaban J connectivity index is 1.92. The fourth-order valence-electron chi connectivity index (χ4n) is 2.55. The molecule has 110 valence electrons. The Bertz CT molecular complexity index is 486. The van der Waals surface area contributed by atoms with Crippen LogP contribution in [0.3, 0.4) is 0 Å². The van der Waals surface area contributed by atoms with E-state index in [0.717, 1.165) is 30.1 Å². The van der Waals surface area contributed by atoms with E-state index in [1.54, 1.807) is 0 Å². The molecule has 0 aliphatic carbocycles. The fourth-order valence-corrected chi connectivity index (χ4v) is 2.55. The molecule has 1 heterocycles. The van der Waals surface area contributed by atoms with Crippen molar-refractivity contribution < 1.29 is 23.2 Å². The van der Waals surface area contributed by atoms with Gasteiger partial charge in [0.1, 0.15) is 36.9 Å². The maximum Gasteiger partial charge on any atom is 0.279 e. The summed E-state index contributed by atoms with van der Waals surface area (Å²) in [5.74, 6) is -1.72. The molecule has 1 saturated heterocycles. The molecule has 1 aromatic rings. The van der Waals surface area contributed by atoms with Crippen LogP contribution >= 0.6 is 0 Å². The number of hydrogen-bond acceptors (Lipinski definition) is 2. The number of nitrogens with one attached hydrogen (secondary N) is 2. The van der Waals surface area contributed by atoms with Gasteiger partial charge in [0, 0.05) is 6.07 Å². The highest BCUT2D eigenvalue weighted by Gasteiger charge is 2.27. The van der Waals surface area contributed by atoms with Gasteiger partial charge in [-0.1, -0.05) is 0 Å². The van der Waals surface area contributed by atoms with Gasteiger partial charge in [-0.15, -0.1) is 0 Å². The van der Waals surface area contributed by atoms with Gasteiger partial charge in [-0.05, 0) is 26.0 Å².